The summed E-state index contributed by atoms with van der Waals surface area (Å²) in [5, 5.41) is 15.3. The number of fused-ring (bicyclic) bond motifs is 1. The highest BCUT2D eigenvalue weighted by Crippen LogP contribution is 2.17. The van der Waals surface area contributed by atoms with Gasteiger partial charge in [-0.1, -0.05) is 0 Å². The number of nitrogens with zero attached hydrogens (tertiary/aromatic N) is 4. The van der Waals surface area contributed by atoms with E-state index in [4.69, 9.17) is 4.74 Å². The minimum absolute atomic E-state index is 0.0515. The molecule has 1 aliphatic heterocycles. The van der Waals surface area contributed by atoms with Gasteiger partial charge in [0.2, 0.25) is 5.91 Å². The lowest BCUT2D eigenvalue weighted by atomic mass is 10.0. The summed E-state index contributed by atoms with van der Waals surface area (Å²) in [5.41, 5.74) is 3.78. The molecule has 0 aliphatic carbocycles. The Kier molecular flexibility index (Phi) is 4.33. The van der Waals surface area contributed by atoms with Crippen LogP contribution in [0.4, 0.5) is 0 Å². The summed E-state index contributed by atoms with van der Waals surface area (Å²) >= 11 is 0. The molecule has 1 amide bonds. The van der Waals surface area contributed by atoms with Crippen LogP contribution in [0, 0.1) is 13.8 Å². The Hall–Kier alpha value is -2.02. The SMILES string of the molecule is Cc1nn2cnnc2c(C)c1CCC(=O)NCC1CCCO1. The van der Waals surface area contributed by atoms with Gasteiger partial charge in [0.1, 0.15) is 6.33 Å². The average Bonchev–Trinajstić information content (AvgIpc) is 3.15. The number of carbonyl (C=O) groups is 1. The Labute approximate surface area is 129 Å². The molecule has 0 bridgehead atoms. The van der Waals surface area contributed by atoms with E-state index in [0.717, 1.165) is 41.9 Å². The molecule has 118 valence electrons. The summed E-state index contributed by atoms with van der Waals surface area (Å²) in [5.74, 6) is 0.0515. The van der Waals surface area contributed by atoms with Gasteiger partial charge in [-0.2, -0.15) is 5.10 Å². The monoisotopic (exact) mass is 303 g/mol. The van der Waals surface area contributed by atoms with Gasteiger partial charge in [0.25, 0.3) is 0 Å². The fourth-order valence-corrected chi connectivity index (χ4v) is 2.91. The van der Waals surface area contributed by atoms with E-state index in [2.05, 4.69) is 20.6 Å². The lowest BCUT2D eigenvalue weighted by molar-refractivity contribution is -0.121. The van der Waals surface area contributed by atoms with Gasteiger partial charge in [0, 0.05) is 25.1 Å². The van der Waals surface area contributed by atoms with Crippen molar-refractivity contribution in [3.63, 3.8) is 0 Å². The zero-order valence-corrected chi connectivity index (χ0v) is 13.0. The van der Waals surface area contributed by atoms with Crippen molar-refractivity contribution in [3.8, 4) is 0 Å². The van der Waals surface area contributed by atoms with E-state index in [0.29, 0.717) is 19.4 Å². The van der Waals surface area contributed by atoms with Crippen molar-refractivity contribution >= 4 is 11.6 Å². The molecular weight excluding hydrogens is 282 g/mol. The molecule has 0 saturated carbocycles. The molecule has 1 N–H and O–H groups in total. The van der Waals surface area contributed by atoms with Crippen LogP contribution in [0.25, 0.3) is 5.65 Å². The van der Waals surface area contributed by atoms with Gasteiger partial charge in [-0.15, -0.1) is 10.2 Å². The van der Waals surface area contributed by atoms with Crippen molar-refractivity contribution in [2.45, 2.75) is 45.6 Å². The molecule has 3 heterocycles. The minimum atomic E-state index is 0.0515. The molecule has 7 heteroatoms. The highest BCUT2D eigenvalue weighted by molar-refractivity contribution is 5.76. The lowest BCUT2D eigenvalue weighted by Crippen LogP contribution is -2.31. The number of hydrogen-bond donors (Lipinski definition) is 1. The van der Waals surface area contributed by atoms with Crippen LogP contribution in [0.2, 0.25) is 0 Å². The van der Waals surface area contributed by atoms with E-state index in [1.807, 2.05) is 13.8 Å². The second-order valence-corrected chi connectivity index (χ2v) is 5.73. The normalized spacial score (nSPS) is 18.0. The maximum atomic E-state index is 12.0. The van der Waals surface area contributed by atoms with Crippen LogP contribution in [0.5, 0.6) is 0 Å². The number of hydrogen-bond acceptors (Lipinski definition) is 5. The highest BCUT2D eigenvalue weighted by atomic mass is 16.5. The molecule has 1 fully saturated rings. The van der Waals surface area contributed by atoms with Crippen LogP contribution in [-0.2, 0) is 16.0 Å². The van der Waals surface area contributed by atoms with E-state index in [1.54, 1.807) is 10.8 Å². The van der Waals surface area contributed by atoms with Gasteiger partial charge in [-0.3, -0.25) is 4.79 Å². The first kappa shape index (κ1) is 14.9. The molecule has 1 aliphatic rings. The number of rotatable bonds is 5. The summed E-state index contributed by atoms with van der Waals surface area (Å²) in [6, 6.07) is 0. The second kappa shape index (κ2) is 6.39. The van der Waals surface area contributed by atoms with Gasteiger partial charge >= 0.3 is 0 Å². The van der Waals surface area contributed by atoms with Crippen molar-refractivity contribution in [2.75, 3.05) is 13.2 Å². The Bertz CT molecular complexity index is 676. The predicted octanol–water partition coefficient (Wildman–Crippen LogP) is 0.969. The van der Waals surface area contributed by atoms with Crippen LogP contribution in [0.15, 0.2) is 6.33 Å². The van der Waals surface area contributed by atoms with E-state index in [-0.39, 0.29) is 12.0 Å². The lowest BCUT2D eigenvalue weighted by Gasteiger charge is -2.12. The average molecular weight is 303 g/mol. The fourth-order valence-electron chi connectivity index (χ4n) is 2.91. The molecule has 1 saturated heterocycles. The van der Waals surface area contributed by atoms with Gasteiger partial charge in [-0.25, -0.2) is 4.52 Å². The molecule has 2 aromatic heterocycles. The maximum Gasteiger partial charge on any atom is 0.220 e. The largest absolute Gasteiger partial charge is 0.376 e. The topological polar surface area (TPSA) is 81.4 Å². The molecule has 0 aromatic carbocycles. The van der Waals surface area contributed by atoms with E-state index in [9.17, 15) is 4.79 Å². The van der Waals surface area contributed by atoms with Crippen molar-refractivity contribution in [1.29, 1.82) is 0 Å². The number of nitrogens with one attached hydrogen (secondary N) is 1. The molecule has 22 heavy (non-hydrogen) atoms. The zero-order valence-electron chi connectivity index (χ0n) is 13.0. The van der Waals surface area contributed by atoms with Crippen molar-refractivity contribution in [1.82, 2.24) is 25.1 Å². The first-order chi connectivity index (χ1) is 10.6. The smallest absolute Gasteiger partial charge is 0.220 e. The summed E-state index contributed by atoms with van der Waals surface area (Å²) in [4.78, 5) is 12.0. The molecule has 1 atom stereocenters. The number of amides is 1. The Morgan fingerprint density at radius 1 is 1.50 bits per heavy atom. The quantitative estimate of drug-likeness (QED) is 0.890. The van der Waals surface area contributed by atoms with E-state index < -0.39 is 0 Å². The summed E-state index contributed by atoms with van der Waals surface area (Å²) < 4.78 is 7.17. The highest BCUT2D eigenvalue weighted by Gasteiger charge is 2.17. The van der Waals surface area contributed by atoms with Crippen LogP contribution >= 0.6 is 0 Å². The number of ether oxygens (including phenoxy) is 1. The molecule has 0 radical (unpaired) electrons. The van der Waals surface area contributed by atoms with Crippen molar-refractivity contribution < 1.29 is 9.53 Å². The Balaban J connectivity index is 1.59. The van der Waals surface area contributed by atoms with Crippen LogP contribution in [-0.4, -0.2) is 45.0 Å². The van der Waals surface area contributed by atoms with Crippen molar-refractivity contribution in [2.24, 2.45) is 0 Å². The molecular formula is C15H21N5O2. The van der Waals surface area contributed by atoms with Crippen molar-refractivity contribution in [3.05, 3.63) is 23.1 Å². The Morgan fingerprint density at radius 3 is 3.14 bits per heavy atom. The Morgan fingerprint density at radius 2 is 2.36 bits per heavy atom. The zero-order chi connectivity index (χ0) is 15.5. The van der Waals surface area contributed by atoms with Gasteiger partial charge < -0.3 is 10.1 Å². The first-order valence-corrected chi connectivity index (χ1v) is 7.69. The molecule has 2 aromatic rings. The van der Waals surface area contributed by atoms with Gasteiger partial charge in [0.05, 0.1) is 11.8 Å². The number of aromatic nitrogens is 4. The minimum Gasteiger partial charge on any atom is -0.376 e. The third-order valence-electron chi connectivity index (χ3n) is 4.17. The van der Waals surface area contributed by atoms with Crippen LogP contribution in [0.3, 0.4) is 0 Å². The molecule has 0 spiro atoms. The standard InChI is InChI=1S/C15H21N5O2/c1-10-13(11(2)19-20-9-17-18-15(10)20)5-6-14(21)16-8-12-4-3-7-22-12/h9,12H,3-8H2,1-2H3,(H,16,21). The second-order valence-electron chi connectivity index (χ2n) is 5.73. The van der Waals surface area contributed by atoms with Crippen LogP contribution in [0.1, 0.15) is 36.1 Å². The predicted molar refractivity (Wildman–Crippen MR) is 80.6 cm³/mol. The fraction of sp³-hybridized carbons (Fsp3) is 0.600. The third kappa shape index (κ3) is 3.09. The summed E-state index contributed by atoms with van der Waals surface area (Å²) in [6.45, 7) is 5.37. The maximum absolute atomic E-state index is 12.0. The molecule has 1 unspecified atom stereocenters. The summed E-state index contributed by atoms with van der Waals surface area (Å²) in [7, 11) is 0. The van der Waals surface area contributed by atoms with E-state index in [1.165, 1.54) is 0 Å². The number of carbonyl (C=O) groups excluding carboxylic acids is 1. The summed E-state index contributed by atoms with van der Waals surface area (Å²) in [6.07, 6.45) is 5.00. The van der Waals surface area contributed by atoms with Crippen LogP contribution < -0.4 is 5.32 Å². The van der Waals surface area contributed by atoms with Gasteiger partial charge in [0.15, 0.2) is 5.65 Å². The van der Waals surface area contributed by atoms with Gasteiger partial charge in [-0.05, 0) is 38.7 Å². The molecule has 3 rings (SSSR count). The molecule has 7 nitrogen and oxygen atoms in total. The first-order valence-electron chi connectivity index (χ1n) is 7.69. The van der Waals surface area contributed by atoms with E-state index >= 15 is 0 Å². The number of aryl methyl sites for hydroxylation is 2. The third-order valence-corrected chi connectivity index (χ3v) is 4.17.